The molecular formula is C18H20F2N2O4S. The molecule has 2 rings (SSSR count). The van der Waals surface area contributed by atoms with Crippen molar-refractivity contribution in [2.24, 2.45) is 0 Å². The van der Waals surface area contributed by atoms with Crippen LogP contribution >= 0.6 is 0 Å². The van der Waals surface area contributed by atoms with Gasteiger partial charge < -0.3 is 10.1 Å². The lowest BCUT2D eigenvalue weighted by molar-refractivity contribution is -0.116. The first-order valence-electron chi connectivity index (χ1n) is 7.94. The molecule has 0 unspecified atom stereocenters. The van der Waals surface area contributed by atoms with Gasteiger partial charge in [-0.15, -0.1) is 0 Å². The number of nitrogens with zero attached hydrogens (tertiary/aromatic N) is 1. The number of ether oxygens (including phenoxy) is 1. The fourth-order valence-corrected chi connectivity index (χ4v) is 3.75. The largest absolute Gasteiger partial charge is 0.495 e. The minimum atomic E-state index is -3.88. The summed E-state index contributed by atoms with van der Waals surface area (Å²) in [6, 6.07) is 6.35. The fraction of sp³-hybridized carbons (Fsp3) is 0.278. The van der Waals surface area contributed by atoms with Crippen LogP contribution in [0.15, 0.2) is 36.4 Å². The summed E-state index contributed by atoms with van der Waals surface area (Å²) in [6.45, 7) is 3.13. The van der Waals surface area contributed by atoms with Gasteiger partial charge in [-0.05, 0) is 43.7 Å². The third kappa shape index (κ3) is 4.73. The molecule has 0 aliphatic rings. The second kappa shape index (κ2) is 7.91. The van der Waals surface area contributed by atoms with E-state index in [1.165, 1.54) is 14.0 Å². The van der Waals surface area contributed by atoms with Crippen LogP contribution in [0, 0.1) is 18.6 Å². The second-order valence-electron chi connectivity index (χ2n) is 6.02. The Hall–Kier alpha value is -2.68. The van der Waals surface area contributed by atoms with Crippen LogP contribution in [-0.2, 0) is 14.8 Å². The summed E-state index contributed by atoms with van der Waals surface area (Å²) < 4.78 is 57.7. The highest BCUT2D eigenvalue weighted by Gasteiger charge is 2.31. The number of hydrogen-bond acceptors (Lipinski definition) is 4. The van der Waals surface area contributed by atoms with Crippen molar-refractivity contribution in [3.8, 4) is 5.75 Å². The molecular weight excluding hydrogens is 378 g/mol. The average Bonchev–Trinajstić information content (AvgIpc) is 2.56. The van der Waals surface area contributed by atoms with Gasteiger partial charge >= 0.3 is 0 Å². The molecule has 6 nitrogen and oxygen atoms in total. The van der Waals surface area contributed by atoms with E-state index in [0.29, 0.717) is 6.07 Å². The molecule has 0 spiro atoms. The highest BCUT2D eigenvalue weighted by Crippen LogP contribution is 2.33. The molecule has 1 N–H and O–H groups in total. The molecule has 0 aliphatic heterocycles. The van der Waals surface area contributed by atoms with E-state index in [0.717, 1.165) is 28.3 Å². The molecule has 2 aromatic carbocycles. The first kappa shape index (κ1) is 20.6. The predicted octanol–water partition coefficient (Wildman–Crippen LogP) is 3.08. The van der Waals surface area contributed by atoms with Gasteiger partial charge in [0.25, 0.3) is 0 Å². The Kier molecular flexibility index (Phi) is 6.04. The molecule has 0 radical (unpaired) electrons. The van der Waals surface area contributed by atoms with Crippen molar-refractivity contribution in [1.29, 1.82) is 0 Å². The molecule has 0 aliphatic carbocycles. The van der Waals surface area contributed by atoms with Gasteiger partial charge in [-0.3, -0.25) is 9.10 Å². The molecule has 0 bridgehead atoms. The molecule has 2 aromatic rings. The van der Waals surface area contributed by atoms with E-state index in [4.69, 9.17) is 4.74 Å². The summed E-state index contributed by atoms with van der Waals surface area (Å²) in [5, 5.41) is 2.28. The van der Waals surface area contributed by atoms with Gasteiger partial charge in [-0.2, -0.15) is 0 Å². The van der Waals surface area contributed by atoms with Gasteiger partial charge in [0.1, 0.15) is 23.4 Å². The van der Waals surface area contributed by atoms with Gasteiger partial charge in [0, 0.05) is 6.07 Å². The Balaban J connectivity index is 2.42. The van der Waals surface area contributed by atoms with Crippen LogP contribution < -0.4 is 14.4 Å². The van der Waals surface area contributed by atoms with E-state index in [9.17, 15) is 22.0 Å². The maximum Gasteiger partial charge on any atom is 0.248 e. The molecule has 9 heteroatoms. The zero-order valence-electron chi connectivity index (χ0n) is 15.3. The van der Waals surface area contributed by atoms with E-state index < -0.39 is 33.6 Å². The van der Waals surface area contributed by atoms with Crippen LogP contribution in [0.4, 0.5) is 20.2 Å². The normalized spacial score (nSPS) is 12.4. The van der Waals surface area contributed by atoms with Gasteiger partial charge in [-0.1, -0.05) is 6.07 Å². The van der Waals surface area contributed by atoms with E-state index in [1.807, 2.05) is 0 Å². The number of rotatable bonds is 6. The molecule has 146 valence electrons. The third-order valence-corrected chi connectivity index (χ3v) is 5.08. The summed E-state index contributed by atoms with van der Waals surface area (Å²) in [4.78, 5) is 12.6. The quantitative estimate of drug-likeness (QED) is 0.811. The molecule has 0 heterocycles. The van der Waals surface area contributed by atoms with Crippen molar-refractivity contribution >= 4 is 27.3 Å². The fourth-order valence-electron chi connectivity index (χ4n) is 2.58. The Morgan fingerprint density at radius 2 is 1.85 bits per heavy atom. The summed E-state index contributed by atoms with van der Waals surface area (Å²) in [7, 11) is -2.50. The number of sulfonamides is 1. The van der Waals surface area contributed by atoms with Gasteiger partial charge in [0.2, 0.25) is 15.9 Å². The molecule has 0 fully saturated rings. The maximum absolute atomic E-state index is 13.8. The summed E-state index contributed by atoms with van der Waals surface area (Å²) in [6.07, 6.45) is 0.955. The lowest BCUT2D eigenvalue weighted by atomic mass is 10.2. The molecule has 27 heavy (non-hydrogen) atoms. The zero-order chi connectivity index (χ0) is 20.4. The van der Waals surface area contributed by atoms with Gasteiger partial charge in [-0.25, -0.2) is 17.2 Å². The highest BCUT2D eigenvalue weighted by molar-refractivity contribution is 7.92. The third-order valence-electron chi connectivity index (χ3n) is 3.85. The number of benzene rings is 2. The van der Waals surface area contributed by atoms with E-state index in [1.54, 1.807) is 25.1 Å². The Morgan fingerprint density at radius 3 is 2.41 bits per heavy atom. The number of nitrogens with one attached hydrogen (secondary N) is 1. The van der Waals surface area contributed by atoms with Crippen LogP contribution in [0.3, 0.4) is 0 Å². The smallest absolute Gasteiger partial charge is 0.248 e. The minimum absolute atomic E-state index is 0.183. The topological polar surface area (TPSA) is 75.7 Å². The highest BCUT2D eigenvalue weighted by atomic mass is 32.2. The predicted molar refractivity (Wildman–Crippen MR) is 99.5 cm³/mol. The SMILES string of the molecule is COc1ccc(C)cc1N([C@@H](C)C(=O)Nc1ccc(F)cc1F)S(C)(=O)=O. The van der Waals surface area contributed by atoms with Crippen LogP contribution in [-0.4, -0.2) is 33.7 Å². The number of carbonyl (C=O) groups is 1. The zero-order valence-corrected chi connectivity index (χ0v) is 16.1. The van der Waals surface area contributed by atoms with Crippen LogP contribution in [0.1, 0.15) is 12.5 Å². The summed E-state index contributed by atoms with van der Waals surface area (Å²) >= 11 is 0. The number of aryl methyl sites for hydroxylation is 1. The maximum atomic E-state index is 13.8. The molecule has 1 amide bonds. The number of amides is 1. The number of halogens is 2. The van der Waals surface area contributed by atoms with Crippen LogP contribution in [0.25, 0.3) is 0 Å². The first-order valence-corrected chi connectivity index (χ1v) is 9.79. The number of carbonyl (C=O) groups excluding carboxylic acids is 1. The minimum Gasteiger partial charge on any atom is -0.495 e. The van der Waals surface area contributed by atoms with Crippen molar-refractivity contribution in [2.75, 3.05) is 23.0 Å². The van der Waals surface area contributed by atoms with E-state index in [2.05, 4.69) is 5.32 Å². The lowest BCUT2D eigenvalue weighted by Crippen LogP contribution is -2.45. The summed E-state index contributed by atoms with van der Waals surface area (Å²) in [5.74, 6) is -2.27. The van der Waals surface area contributed by atoms with Crippen molar-refractivity contribution < 1.29 is 26.7 Å². The van der Waals surface area contributed by atoms with E-state index >= 15 is 0 Å². The summed E-state index contributed by atoms with van der Waals surface area (Å²) in [5.41, 5.74) is 0.691. The Morgan fingerprint density at radius 1 is 1.19 bits per heavy atom. The van der Waals surface area contributed by atoms with Crippen LogP contribution in [0.5, 0.6) is 5.75 Å². The van der Waals surface area contributed by atoms with Crippen LogP contribution in [0.2, 0.25) is 0 Å². The second-order valence-corrected chi connectivity index (χ2v) is 7.88. The molecule has 0 saturated heterocycles. The number of anilines is 2. The van der Waals surface area contributed by atoms with Crippen molar-refractivity contribution in [3.63, 3.8) is 0 Å². The lowest BCUT2D eigenvalue weighted by Gasteiger charge is -2.29. The Labute approximate surface area is 156 Å². The number of hydrogen-bond donors (Lipinski definition) is 1. The van der Waals surface area contributed by atoms with Crippen molar-refractivity contribution in [3.05, 3.63) is 53.6 Å². The number of methoxy groups -OCH3 is 1. The molecule has 0 aromatic heterocycles. The van der Waals surface area contributed by atoms with Crippen molar-refractivity contribution in [2.45, 2.75) is 19.9 Å². The van der Waals surface area contributed by atoms with Gasteiger partial charge in [0.15, 0.2) is 0 Å². The average molecular weight is 398 g/mol. The van der Waals surface area contributed by atoms with E-state index in [-0.39, 0.29) is 17.1 Å². The van der Waals surface area contributed by atoms with Gasteiger partial charge in [0.05, 0.1) is 24.7 Å². The van der Waals surface area contributed by atoms with Crippen molar-refractivity contribution in [1.82, 2.24) is 0 Å². The molecule has 0 saturated carbocycles. The Bertz CT molecular complexity index is 964. The standard InChI is InChI=1S/C18H20F2N2O4S/c1-11-5-8-17(26-3)16(9-11)22(27(4,24)25)12(2)18(23)21-15-7-6-13(19)10-14(15)20/h5-10,12H,1-4H3,(H,21,23)/t12-/m0/s1. The molecule has 1 atom stereocenters. The monoisotopic (exact) mass is 398 g/mol. The first-order chi connectivity index (χ1) is 12.5.